The highest BCUT2D eigenvalue weighted by molar-refractivity contribution is 5.06. The average molecular weight is 345 g/mol. The van der Waals surface area contributed by atoms with Crippen LogP contribution in [0, 0.1) is 5.41 Å². The van der Waals surface area contributed by atoms with Gasteiger partial charge in [0, 0.05) is 45.1 Å². The Kier molecular flexibility index (Phi) is 5.36. The van der Waals surface area contributed by atoms with E-state index in [0.717, 1.165) is 26.4 Å². The highest BCUT2D eigenvalue weighted by Crippen LogP contribution is 2.44. The van der Waals surface area contributed by atoms with Crippen LogP contribution in [0.15, 0.2) is 24.4 Å². The van der Waals surface area contributed by atoms with E-state index in [1.807, 2.05) is 19.4 Å². The first kappa shape index (κ1) is 17.4. The Morgan fingerprint density at radius 1 is 1.32 bits per heavy atom. The van der Waals surface area contributed by atoms with E-state index in [9.17, 15) is 0 Å². The van der Waals surface area contributed by atoms with Gasteiger partial charge in [-0.25, -0.2) is 0 Å². The summed E-state index contributed by atoms with van der Waals surface area (Å²) < 4.78 is 11.1. The second kappa shape index (κ2) is 7.70. The van der Waals surface area contributed by atoms with Crippen molar-refractivity contribution in [3.8, 4) is 0 Å². The summed E-state index contributed by atoms with van der Waals surface area (Å²) >= 11 is 0. The second-order valence-corrected chi connectivity index (χ2v) is 8.09. The number of rotatable bonds is 5. The third-order valence-corrected chi connectivity index (χ3v) is 6.45. The van der Waals surface area contributed by atoms with Crippen molar-refractivity contribution in [3.05, 3.63) is 30.1 Å². The molecule has 0 unspecified atom stereocenters. The van der Waals surface area contributed by atoms with Gasteiger partial charge in [0.05, 0.1) is 18.9 Å². The predicted molar refractivity (Wildman–Crippen MR) is 97.4 cm³/mol. The summed E-state index contributed by atoms with van der Waals surface area (Å²) in [4.78, 5) is 9.81. The molecule has 5 heteroatoms. The third-order valence-electron chi connectivity index (χ3n) is 6.45. The number of pyridine rings is 1. The Morgan fingerprint density at radius 3 is 2.88 bits per heavy atom. The van der Waals surface area contributed by atoms with Crippen LogP contribution in [0.1, 0.15) is 31.4 Å². The molecule has 138 valence electrons. The number of methoxy groups -OCH3 is 1. The van der Waals surface area contributed by atoms with Crippen LogP contribution in [0.5, 0.6) is 0 Å². The number of ether oxygens (including phenoxy) is 2. The largest absolute Gasteiger partial charge is 0.383 e. The maximum Gasteiger partial charge on any atom is 0.0622 e. The van der Waals surface area contributed by atoms with E-state index in [-0.39, 0.29) is 0 Å². The normalized spacial score (nSPS) is 30.3. The SMILES string of the molecule is COC[C@H]1CC2(CCN([C@@H]3CCOC3)CC2)CN1Cc1ccccn1. The monoisotopic (exact) mass is 345 g/mol. The molecule has 0 radical (unpaired) electrons. The molecule has 25 heavy (non-hydrogen) atoms. The summed E-state index contributed by atoms with van der Waals surface area (Å²) in [6, 6.07) is 7.40. The van der Waals surface area contributed by atoms with Gasteiger partial charge in [0.25, 0.3) is 0 Å². The van der Waals surface area contributed by atoms with Gasteiger partial charge in [-0.05, 0) is 56.3 Å². The highest BCUT2D eigenvalue weighted by atomic mass is 16.5. The molecule has 0 bridgehead atoms. The quantitative estimate of drug-likeness (QED) is 0.818. The van der Waals surface area contributed by atoms with Crippen molar-refractivity contribution in [2.75, 3.05) is 46.6 Å². The Bertz CT molecular complexity index is 539. The van der Waals surface area contributed by atoms with Crippen LogP contribution >= 0.6 is 0 Å². The van der Waals surface area contributed by atoms with Gasteiger partial charge in [0.1, 0.15) is 0 Å². The van der Waals surface area contributed by atoms with Crippen molar-refractivity contribution in [2.24, 2.45) is 5.41 Å². The highest BCUT2D eigenvalue weighted by Gasteiger charge is 2.46. The summed E-state index contributed by atoms with van der Waals surface area (Å²) in [5.41, 5.74) is 1.63. The van der Waals surface area contributed by atoms with Gasteiger partial charge in [0.15, 0.2) is 0 Å². The first-order valence-corrected chi connectivity index (χ1v) is 9.73. The number of likely N-dealkylation sites (tertiary alicyclic amines) is 2. The summed E-state index contributed by atoms with van der Waals surface area (Å²) in [6.07, 6.45) is 6.99. The van der Waals surface area contributed by atoms with Crippen LogP contribution in [0.2, 0.25) is 0 Å². The molecule has 5 nitrogen and oxygen atoms in total. The van der Waals surface area contributed by atoms with Crippen LogP contribution in [0.3, 0.4) is 0 Å². The number of piperidine rings is 1. The van der Waals surface area contributed by atoms with Gasteiger partial charge in [-0.2, -0.15) is 0 Å². The Morgan fingerprint density at radius 2 is 2.20 bits per heavy atom. The third kappa shape index (κ3) is 3.90. The molecular formula is C20H31N3O2. The fourth-order valence-electron chi connectivity index (χ4n) is 5.03. The molecule has 4 heterocycles. The first-order valence-electron chi connectivity index (χ1n) is 9.73. The zero-order chi connectivity index (χ0) is 17.1. The van der Waals surface area contributed by atoms with Gasteiger partial charge in [-0.1, -0.05) is 6.07 Å². The van der Waals surface area contributed by atoms with E-state index in [1.165, 1.54) is 51.0 Å². The van der Waals surface area contributed by atoms with E-state index in [0.29, 0.717) is 17.5 Å². The molecule has 0 N–H and O–H groups in total. The predicted octanol–water partition coefficient (Wildman–Crippen LogP) is 2.17. The minimum atomic E-state index is 0.466. The van der Waals surface area contributed by atoms with E-state index in [1.54, 1.807) is 0 Å². The molecule has 3 aliphatic heterocycles. The zero-order valence-electron chi connectivity index (χ0n) is 15.4. The molecular weight excluding hydrogens is 314 g/mol. The van der Waals surface area contributed by atoms with Crippen molar-refractivity contribution < 1.29 is 9.47 Å². The molecule has 1 aromatic heterocycles. The van der Waals surface area contributed by atoms with E-state index in [4.69, 9.17) is 9.47 Å². The van der Waals surface area contributed by atoms with Crippen LogP contribution in [-0.4, -0.2) is 73.4 Å². The van der Waals surface area contributed by atoms with Crippen molar-refractivity contribution in [1.29, 1.82) is 0 Å². The van der Waals surface area contributed by atoms with Gasteiger partial charge in [-0.15, -0.1) is 0 Å². The molecule has 0 aromatic carbocycles. The standard InChI is InChI=1S/C20H31N3O2/c1-24-14-19-12-20(16-23(19)13-17-4-2-3-8-21-17)6-9-22(10-7-20)18-5-11-25-15-18/h2-4,8,18-19H,5-7,9-16H2,1H3/t18-,19-/m1/s1. The molecule has 1 spiro atoms. The van der Waals surface area contributed by atoms with E-state index in [2.05, 4.69) is 26.9 Å². The lowest BCUT2D eigenvalue weighted by atomic mass is 9.76. The van der Waals surface area contributed by atoms with Crippen molar-refractivity contribution in [3.63, 3.8) is 0 Å². The van der Waals surface area contributed by atoms with E-state index >= 15 is 0 Å². The molecule has 1 aromatic rings. The van der Waals surface area contributed by atoms with Crippen molar-refractivity contribution in [1.82, 2.24) is 14.8 Å². The minimum Gasteiger partial charge on any atom is -0.383 e. The molecule has 3 aliphatic rings. The Labute approximate surface area is 151 Å². The first-order chi connectivity index (χ1) is 12.3. The number of nitrogens with zero attached hydrogens (tertiary/aromatic N) is 3. The van der Waals surface area contributed by atoms with Gasteiger partial charge in [0.2, 0.25) is 0 Å². The lowest BCUT2D eigenvalue weighted by Gasteiger charge is -2.41. The van der Waals surface area contributed by atoms with Crippen LogP contribution in [0.4, 0.5) is 0 Å². The Hall–Kier alpha value is -1.01. The summed E-state index contributed by atoms with van der Waals surface area (Å²) in [5, 5.41) is 0. The van der Waals surface area contributed by atoms with Crippen LogP contribution in [-0.2, 0) is 16.0 Å². The Balaban J connectivity index is 1.39. The molecule has 0 saturated carbocycles. The number of aromatic nitrogens is 1. The molecule has 3 saturated heterocycles. The second-order valence-electron chi connectivity index (χ2n) is 8.09. The molecule has 2 atom stereocenters. The zero-order valence-corrected chi connectivity index (χ0v) is 15.4. The molecule has 0 amide bonds. The lowest BCUT2D eigenvalue weighted by Crippen LogP contribution is -2.46. The summed E-state index contributed by atoms with van der Waals surface area (Å²) in [6.45, 7) is 7.29. The average Bonchev–Trinajstić information content (AvgIpc) is 3.27. The maximum absolute atomic E-state index is 5.59. The van der Waals surface area contributed by atoms with Crippen molar-refractivity contribution in [2.45, 2.75) is 44.3 Å². The fourth-order valence-corrected chi connectivity index (χ4v) is 5.03. The topological polar surface area (TPSA) is 37.8 Å². The summed E-state index contributed by atoms with van der Waals surface area (Å²) in [7, 11) is 1.83. The minimum absolute atomic E-state index is 0.466. The lowest BCUT2D eigenvalue weighted by molar-refractivity contribution is 0.0677. The fraction of sp³-hybridized carbons (Fsp3) is 0.750. The number of hydrogen-bond donors (Lipinski definition) is 0. The number of hydrogen-bond acceptors (Lipinski definition) is 5. The van der Waals surface area contributed by atoms with Crippen LogP contribution in [0.25, 0.3) is 0 Å². The van der Waals surface area contributed by atoms with E-state index < -0.39 is 0 Å². The van der Waals surface area contributed by atoms with Gasteiger partial charge >= 0.3 is 0 Å². The van der Waals surface area contributed by atoms with Crippen molar-refractivity contribution >= 4 is 0 Å². The summed E-state index contributed by atoms with van der Waals surface area (Å²) in [5.74, 6) is 0. The smallest absolute Gasteiger partial charge is 0.0622 e. The van der Waals surface area contributed by atoms with Crippen LogP contribution < -0.4 is 0 Å². The van der Waals surface area contributed by atoms with Gasteiger partial charge < -0.3 is 9.47 Å². The molecule has 4 rings (SSSR count). The van der Waals surface area contributed by atoms with Gasteiger partial charge in [-0.3, -0.25) is 14.8 Å². The maximum atomic E-state index is 5.59. The molecule has 3 fully saturated rings. The molecule has 0 aliphatic carbocycles.